The Morgan fingerprint density at radius 3 is 2.10 bits per heavy atom. The monoisotopic (exact) mass is 280 g/mol. The average Bonchev–Trinajstić information content (AvgIpc) is 2.33. The maximum absolute atomic E-state index is 12.0. The quantitative estimate of drug-likeness (QED) is 0.744. The molecule has 1 rings (SSSR count). The summed E-state index contributed by atoms with van der Waals surface area (Å²) in [5.41, 5.74) is -0.0758. The van der Waals surface area contributed by atoms with Gasteiger partial charge in [-0.3, -0.25) is 9.69 Å². The molecule has 1 amide bonds. The number of hydrogen-bond acceptors (Lipinski definition) is 4. The van der Waals surface area contributed by atoms with Crippen molar-refractivity contribution in [2.75, 3.05) is 13.1 Å². The van der Waals surface area contributed by atoms with E-state index >= 15 is 0 Å². The predicted octanol–water partition coefficient (Wildman–Crippen LogP) is 1.95. The van der Waals surface area contributed by atoms with E-state index in [2.05, 4.69) is 37.9 Å². The minimum Gasteiger partial charge on any atom is -0.507 e. The van der Waals surface area contributed by atoms with Crippen LogP contribution in [0.1, 0.15) is 38.1 Å². The molecule has 20 heavy (non-hydrogen) atoms. The van der Waals surface area contributed by atoms with Gasteiger partial charge in [-0.1, -0.05) is 6.07 Å². The number of nitrogens with zero attached hydrogens (tertiary/aromatic N) is 1. The summed E-state index contributed by atoms with van der Waals surface area (Å²) in [5, 5.41) is 22.0. The van der Waals surface area contributed by atoms with E-state index in [0.717, 1.165) is 6.54 Å². The Kier molecular flexibility index (Phi) is 5.82. The molecule has 112 valence electrons. The van der Waals surface area contributed by atoms with E-state index in [1.165, 1.54) is 18.2 Å². The summed E-state index contributed by atoms with van der Waals surface area (Å²) in [6, 6.07) is 5.03. The Bertz CT molecular complexity index is 430. The second kappa shape index (κ2) is 7.14. The van der Waals surface area contributed by atoms with E-state index in [-0.39, 0.29) is 17.1 Å². The first-order valence-electron chi connectivity index (χ1n) is 6.89. The summed E-state index contributed by atoms with van der Waals surface area (Å²) in [4.78, 5) is 14.2. The Morgan fingerprint density at radius 1 is 1.15 bits per heavy atom. The zero-order valence-electron chi connectivity index (χ0n) is 12.6. The molecule has 1 aromatic rings. The van der Waals surface area contributed by atoms with Gasteiger partial charge in [0, 0.05) is 25.2 Å². The normalized spacial score (nSPS) is 11.3. The molecule has 0 atom stereocenters. The SMILES string of the molecule is CC(C)N(CCNC(=O)c1c(O)cccc1O)C(C)C. The summed E-state index contributed by atoms with van der Waals surface area (Å²) < 4.78 is 0. The van der Waals surface area contributed by atoms with Crippen molar-refractivity contribution in [1.82, 2.24) is 10.2 Å². The van der Waals surface area contributed by atoms with Crippen LogP contribution >= 0.6 is 0 Å². The molecule has 0 bridgehead atoms. The van der Waals surface area contributed by atoms with Crippen molar-refractivity contribution in [2.24, 2.45) is 0 Å². The van der Waals surface area contributed by atoms with Crippen LogP contribution in [-0.2, 0) is 0 Å². The summed E-state index contributed by atoms with van der Waals surface area (Å²) in [6.07, 6.45) is 0. The highest BCUT2D eigenvalue weighted by molar-refractivity contribution is 5.99. The molecule has 1 aromatic carbocycles. The Balaban J connectivity index is 2.60. The zero-order chi connectivity index (χ0) is 15.3. The average molecular weight is 280 g/mol. The number of aromatic hydroxyl groups is 2. The Hall–Kier alpha value is -1.75. The first-order valence-corrected chi connectivity index (χ1v) is 6.89. The van der Waals surface area contributed by atoms with E-state index in [9.17, 15) is 15.0 Å². The first-order chi connectivity index (χ1) is 9.34. The highest BCUT2D eigenvalue weighted by Gasteiger charge is 2.17. The van der Waals surface area contributed by atoms with Crippen LogP contribution in [0.3, 0.4) is 0 Å². The molecule has 0 spiro atoms. The van der Waals surface area contributed by atoms with Crippen LogP contribution in [0.2, 0.25) is 0 Å². The third-order valence-corrected chi connectivity index (χ3v) is 3.23. The fraction of sp³-hybridized carbons (Fsp3) is 0.533. The highest BCUT2D eigenvalue weighted by Crippen LogP contribution is 2.25. The van der Waals surface area contributed by atoms with Crippen molar-refractivity contribution < 1.29 is 15.0 Å². The molecule has 0 aliphatic carbocycles. The highest BCUT2D eigenvalue weighted by atomic mass is 16.3. The van der Waals surface area contributed by atoms with Crippen LogP contribution < -0.4 is 5.32 Å². The van der Waals surface area contributed by atoms with Crippen molar-refractivity contribution in [3.63, 3.8) is 0 Å². The number of rotatable bonds is 6. The van der Waals surface area contributed by atoms with E-state index in [4.69, 9.17) is 0 Å². The summed E-state index contributed by atoms with van der Waals surface area (Å²) >= 11 is 0. The van der Waals surface area contributed by atoms with E-state index in [1.54, 1.807) is 0 Å². The molecule has 0 fully saturated rings. The van der Waals surface area contributed by atoms with Crippen molar-refractivity contribution in [2.45, 2.75) is 39.8 Å². The largest absolute Gasteiger partial charge is 0.507 e. The number of carbonyl (C=O) groups excluding carboxylic acids is 1. The summed E-state index contributed by atoms with van der Waals surface area (Å²) in [5.74, 6) is -0.896. The lowest BCUT2D eigenvalue weighted by Gasteiger charge is -2.30. The van der Waals surface area contributed by atoms with Crippen LogP contribution in [0.25, 0.3) is 0 Å². The molecule has 0 radical (unpaired) electrons. The fourth-order valence-corrected chi connectivity index (χ4v) is 2.26. The molecule has 0 aromatic heterocycles. The van der Waals surface area contributed by atoms with Crippen LogP contribution in [0.5, 0.6) is 11.5 Å². The lowest BCUT2D eigenvalue weighted by Crippen LogP contribution is -2.42. The van der Waals surface area contributed by atoms with Gasteiger partial charge in [0.05, 0.1) is 0 Å². The topological polar surface area (TPSA) is 72.8 Å². The van der Waals surface area contributed by atoms with Gasteiger partial charge < -0.3 is 15.5 Å². The van der Waals surface area contributed by atoms with E-state index in [0.29, 0.717) is 18.6 Å². The molecule has 5 nitrogen and oxygen atoms in total. The maximum Gasteiger partial charge on any atom is 0.258 e. The molecule has 0 heterocycles. The Morgan fingerprint density at radius 2 is 1.65 bits per heavy atom. The number of hydrogen-bond donors (Lipinski definition) is 3. The summed E-state index contributed by atoms with van der Waals surface area (Å²) in [7, 11) is 0. The second-order valence-electron chi connectivity index (χ2n) is 5.35. The van der Waals surface area contributed by atoms with Crippen molar-refractivity contribution >= 4 is 5.91 Å². The third-order valence-electron chi connectivity index (χ3n) is 3.23. The van der Waals surface area contributed by atoms with Crippen LogP contribution in [-0.4, -0.2) is 46.2 Å². The van der Waals surface area contributed by atoms with Crippen molar-refractivity contribution in [3.8, 4) is 11.5 Å². The maximum atomic E-state index is 12.0. The molecule has 0 aliphatic heterocycles. The van der Waals surface area contributed by atoms with Gasteiger partial charge in [0.15, 0.2) is 0 Å². The van der Waals surface area contributed by atoms with E-state index < -0.39 is 5.91 Å². The second-order valence-corrected chi connectivity index (χ2v) is 5.35. The Labute approximate surface area is 120 Å². The molecule has 0 unspecified atom stereocenters. The van der Waals surface area contributed by atoms with Gasteiger partial charge in [0.1, 0.15) is 17.1 Å². The lowest BCUT2D eigenvalue weighted by molar-refractivity contribution is 0.0934. The van der Waals surface area contributed by atoms with Gasteiger partial charge in [0.2, 0.25) is 0 Å². The predicted molar refractivity (Wildman–Crippen MR) is 79.1 cm³/mol. The zero-order valence-corrected chi connectivity index (χ0v) is 12.6. The van der Waals surface area contributed by atoms with Crippen LogP contribution in [0.4, 0.5) is 0 Å². The standard InChI is InChI=1S/C15H24N2O3/c1-10(2)17(11(3)4)9-8-16-15(20)14-12(18)6-5-7-13(14)19/h5-7,10-11,18-19H,8-9H2,1-4H3,(H,16,20). The fourth-order valence-electron chi connectivity index (χ4n) is 2.26. The number of phenolic OH excluding ortho intramolecular Hbond substituents is 2. The smallest absolute Gasteiger partial charge is 0.258 e. The van der Waals surface area contributed by atoms with Crippen LogP contribution in [0, 0.1) is 0 Å². The molecule has 0 saturated carbocycles. The molecular formula is C15H24N2O3. The number of benzene rings is 1. The molecule has 0 saturated heterocycles. The number of phenols is 2. The van der Waals surface area contributed by atoms with Crippen LogP contribution in [0.15, 0.2) is 18.2 Å². The molecule has 5 heteroatoms. The van der Waals surface area contributed by atoms with Crippen molar-refractivity contribution in [3.05, 3.63) is 23.8 Å². The van der Waals surface area contributed by atoms with Gasteiger partial charge in [-0.15, -0.1) is 0 Å². The van der Waals surface area contributed by atoms with Gasteiger partial charge in [-0.2, -0.15) is 0 Å². The first kappa shape index (κ1) is 16.3. The lowest BCUT2D eigenvalue weighted by atomic mass is 10.1. The minimum absolute atomic E-state index is 0.0758. The summed E-state index contributed by atoms with van der Waals surface area (Å²) in [6.45, 7) is 9.61. The van der Waals surface area contributed by atoms with Gasteiger partial charge in [-0.25, -0.2) is 0 Å². The number of nitrogens with one attached hydrogen (secondary N) is 1. The number of carbonyl (C=O) groups is 1. The van der Waals surface area contributed by atoms with Crippen molar-refractivity contribution in [1.29, 1.82) is 0 Å². The third kappa shape index (κ3) is 4.13. The molecule has 0 aliphatic rings. The van der Waals surface area contributed by atoms with Gasteiger partial charge in [-0.05, 0) is 39.8 Å². The number of amides is 1. The molecule has 3 N–H and O–H groups in total. The van der Waals surface area contributed by atoms with E-state index in [1.807, 2.05) is 0 Å². The minimum atomic E-state index is -0.465. The van der Waals surface area contributed by atoms with Gasteiger partial charge >= 0.3 is 0 Å². The van der Waals surface area contributed by atoms with Gasteiger partial charge in [0.25, 0.3) is 5.91 Å². The molecular weight excluding hydrogens is 256 g/mol.